The second-order valence-corrected chi connectivity index (χ2v) is 5.29. The highest BCUT2D eigenvalue weighted by Crippen LogP contribution is 2.21. The second-order valence-electron chi connectivity index (χ2n) is 5.29. The van der Waals surface area contributed by atoms with Crippen molar-refractivity contribution in [1.82, 2.24) is 10.3 Å². The summed E-state index contributed by atoms with van der Waals surface area (Å²) in [6.07, 6.45) is 0. The number of carbonyl (C=O) groups is 2. The van der Waals surface area contributed by atoms with Gasteiger partial charge in [-0.1, -0.05) is 24.3 Å². The van der Waals surface area contributed by atoms with E-state index in [0.717, 1.165) is 10.8 Å². The van der Waals surface area contributed by atoms with Crippen LogP contribution in [-0.4, -0.2) is 28.0 Å². The number of pyridine rings is 1. The lowest BCUT2D eigenvalue weighted by atomic mass is 10.0. The first-order chi connectivity index (χ1) is 11.0. The third-order valence-electron chi connectivity index (χ3n) is 3.71. The molecule has 1 heterocycles. The molecule has 1 atom stereocenters. The van der Waals surface area contributed by atoms with E-state index in [1.807, 2.05) is 12.1 Å². The number of benzene rings is 2. The third kappa shape index (κ3) is 2.66. The number of carboxylic acid groups (broad SMARTS) is 1. The molecule has 0 aliphatic heterocycles. The van der Waals surface area contributed by atoms with Crippen LogP contribution in [-0.2, 0) is 4.79 Å². The second kappa shape index (κ2) is 5.57. The molecule has 6 nitrogen and oxygen atoms in total. The van der Waals surface area contributed by atoms with Crippen LogP contribution < -0.4 is 10.9 Å². The number of carbonyl (C=O) groups excluding carboxylic acids is 1. The Hall–Kier alpha value is -3.15. The van der Waals surface area contributed by atoms with Crippen molar-refractivity contribution < 1.29 is 14.7 Å². The number of aliphatic carboxylic acids is 1. The lowest BCUT2D eigenvalue weighted by molar-refractivity contribution is -0.138. The largest absolute Gasteiger partial charge is 0.480 e. The highest BCUT2D eigenvalue weighted by atomic mass is 16.4. The summed E-state index contributed by atoms with van der Waals surface area (Å²) >= 11 is 0. The highest BCUT2D eigenvalue weighted by molar-refractivity contribution is 6.07. The normalized spacial score (nSPS) is 12.2. The first-order valence-corrected chi connectivity index (χ1v) is 7.06. The minimum Gasteiger partial charge on any atom is -0.480 e. The predicted octanol–water partition coefficient (Wildman–Crippen LogP) is 1.88. The maximum absolute atomic E-state index is 12.1. The Kier molecular flexibility index (Phi) is 3.57. The molecule has 0 saturated carbocycles. The molecule has 0 unspecified atom stereocenters. The van der Waals surface area contributed by atoms with E-state index in [1.54, 1.807) is 30.3 Å². The number of hydrogen-bond donors (Lipinski definition) is 3. The summed E-state index contributed by atoms with van der Waals surface area (Å²) in [6.45, 7) is 1.39. The van der Waals surface area contributed by atoms with E-state index in [4.69, 9.17) is 5.11 Å². The van der Waals surface area contributed by atoms with Crippen molar-refractivity contribution >= 4 is 33.6 Å². The van der Waals surface area contributed by atoms with Gasteiger partial charge in [-0.2, -0.15) is 0 Å². The lowest BCUT2D eigenvalue weighted by Crippen LogP contribution is -2.38. The van der Waals surface area contributed by atoms with E-state index in [0.29, 0.717) is 10.9 Å². The third-order valence-corrected chi connectivity index (χ3v) is 3.71. The molecule has 0 bridgehead atoms. The molecule has 3 N–H and O–H groups in total. The Bertz CT molecular complexity index is 991. The zero-order valence-corrected chi connectivity index (χ0v) is 12.3. The van der Waals surface area contributed by atoms with E-state index < -0.39 is 17.9 Å². The van der Waals surface area contributed by atoms with E-state index in [-0.39, 0.29) is 11.1 Å². The predicted molar refractivity (Wildman–Crippen MR) is 86.6 cm³/mol. The van der Waals surface area contributed by atoms with Crippen LogP contribution in [0.1, 0.15) is 17.3 Å². The maximum Gasteiger partial charge on any atom is 0.325 e. The molecule has 0 fully saturated rings. The molecule has 1 aromatic heterocycles. The van der Waals surface area contributed by atoms with Gasteiger partial charge in [-0.05, 0) is 30.5 Å². The molecule has 0 aliphatic rings. The van der Waals surface area contributed by atoms with Gasteiger partial charge in [0.05, 0.1) is 0 Å². The van der Waals surface area contributed by atoms with Crippen molar-refractivity contribution in [3.63, 3.8) is 0 Å². The Labute approximate surface area is 130 Å². The minimum absolute atomic E-state index is 0.232. The van der Waals surface area contributed by atoms with Crippen LogP contribution in [0, 0.1) is 0 Å². The van der Waals surface area contributed by atoms with Gasteiger partial charge < -0.3 is 15.4 Å². The summed E-state index contributed by atoms with van der Waals surface area (Å²) in [6, 6.07) is 11.1. The van der Waals surface area contributed by atoms with Gasteiger partial charge in [-0.25, -0.2) is 0 Å². The summed E-state index contributed by atoms with van der Waals surface area (Å²) in [7, 11) is 0. The van der Waals surface area contributed by atoms with Crippen molar-refractivity contribution in [2.24, 2.45) is 0 Å². The van der Waals surface area contributed by atoms with Gasteiger partial charge in [0.15, 0.2) is 0 Å². The van der Waals surface area contributed by atoms with Gasteiger partial charge in [0.2, 0.25) is 0 Å². The fourth-order valence-electron chi connectivity index (χ4n) is 2.47. The Morgan fingerprint density at radius 2 is 1.78 bits per heavy atom. The molecule has 116 valence electrons. The quantitative estimate of drug-likeness (QED) is 0.643. The van der Waals surface area contributed by atoms with Crippen LogP contribution >= 0.6 is 0 Å². The SMILES string of the molecule is C[C@@H](NC(=O)c1ccc2c(c1)[nH]c(=O)c1ccccc12)C(=O)O. The molecule has 0 radical (unpaired) electrons. The van der Waals surface area contributed by atoms with Gasteiger partial charge in [-0.3, -0.25) is 14.4 Å². The van der Waals surface area contributed by atoms with Crippen molar-refractivity contribution in [3.05, 3.63) is 58.4 Å². The van der Waals surface area contributed by atoms with E-state index in [9.17, 15) is 14.4 Å². The summed E-state index contributed by atoms with van der Waals surface area (Å²) in [5, 5.41) is 13.4. The number of H-pyrrole nitrogens is 1. The molecule has 0 spiro atoms. The number of amides is 1. The summed E-state index contributed by atoms with van der Waals surface area (Å²) in [5.41, 5.74) is 0.588. The highest BCUT2D eigenvalue weighted by Gasteiger charge is 2.16. The average molecular weight is 310 g/mol. The van der Waals surface area contributed by atoms with Gasteiger partial charge in [0, 0.05) is 21.9 Å². The summed E-state index contributed by atoms with van der Waals surface area (Å²) < 4.78 is 0. The number of nitrogens with one attached hydrogen (secondary N) is 2. The Morgan fingerprint density at radius 1 is 1.09 bits per heavy atom. The van der Waals surface area contributed by atoms with Crippen LogP contribution in [0.4, 0.5) is 0 Å². The molecule has 23 heavy (non-hydrogen) atoms. The number of aromatic nitrogens is 1. The van der Waals surface area contributed by atoms with Crippen molar-refractivity contribution in [2.75, 3.05) is 0 Å². The van der Waals surface area contributed by atoms with Gasteiger partial charge in [-0.15, -0.1) is 0 Å². The molecule has 3 rings (SSSR count). The first kappa shape index (κ1) is 14.8. The number of fused-ring (bicyclic) bond motifs is 3. The van der Waals surface area contributed by atoms with Crippen LogP contribution in [0.15, 0.2) is 47.3 Å². The zero-order valence-electron chi connectivity index (χ0n) is 12.3. The average Bonchev–Trinajstić information content (AvgIpc) is 2.54. The molecule has 6 heteroatoms. The Morgan fingerprint density at radius 3 is 2.48 bits per heavy atom. The van der Waals surface area contributed by atoms with Crippen molar-refractivity contribution in [3.8, 4) is 0 Å². The van der Waals surface area contributed by atoms with Crippen molar-refractivity contribution in [2.45, 2.75) is 13.0 Å². The smallest absolute Gasteiger partial charge is 0.325 e. The maximum atomic E-state index is 12.1. The standard InChI is InChI=1S/C17H14N2O4/c1-9(17(22)23)18-15(20)10-6-7-12-11-4-2-3-5-13(11)16(21)19-14(12)8-10/h2-9H,1H3,(H,18,20)(H,19,21)(H,22,23)/t9-/m1/s1. The van der Waals surface area contributed by atoms with Gasteiger partial charge in [0.1, 0.15) is 6.04 Å². The van der Waals surface area contributed by atoms with Crippen LogP contribution in [0.5, 0.6) is 0 Å². The molecular formula is C17H14N2O4. The molecule has 2 aromatic carbocycles. The monoisotopic (exact) mass is 310 g/mol. The van der Waals surface area contributed by atoms with Crippen LogP contribution in [0.3, 0.4) is 0 Å². The zero-order chi connectivity index (χ0) is 16.6. The molecule has 0 aliphatic carbocycles. The van der Waals surface area contributed by atoms with Crippen LogP contribution in [0.25, 0.3) is 21.7 Å². The first-order valence-electron chi connectivity index (χ1n) is 7.06. The molecule has 1 amide bonds. The molecule has 3 aromatic rings. The summed E-state index contributed by atoms with van der Waals surface area (Å²) in [5.74, 6) is -1.62. The molecular weight excluding hydrogens is 296 g/mol. The summed E-state index contributed by atoms with van der Waals surface area (Å²) in [4.78, 5) is 37.8. The van der Waals surface area contributed by atoms with E-state index in [2.05, 4.69) is 10.3 Å². The van der Waals surface area contributed by atoms with E-state index in [1.165, 1.54) is 6.92 Å². The van der Waals surface area contributed by atoms with Crippen LogP contribution in [0.2, 0.25) is 0 Å². The number of hydrogen-bond acceptors (Lipinski definition) is 3. The van der Waals surface area contributed by atoms with Crippen molar-refractivity contribution in [1.29, 1.82) is 0 Å². The number of aromatic amines is 1. The topological polar surface area (TPSA) is 99.3 Å². The lowest BCUT2D eigenvalue weighted by Gasteiger charge is -2.10. The fourth-order valence-corrected chi connectivity index (χ4v) is 2.47. The van der Waals surface area contributed by atoms with E-state index >= 15 is 0 Å². The van der Waals surface area contributed by atoms with Gasteiger partial charge >= 0.3 is 5.97 Å². The molecule has 0 saturated heterocycles. The fraction of sp³-hybridized carbons (Fsp3) is 0.118. The number of carboxylic acids is 1. The Balaban J connectivity index is 2.09. The number of rotatable bonds is 3. The van der Waals surface area contributed by atoms with Gasteiger partial charge in [0.25, 0.3) is 11.5 Å². The minimum atomic E-state index is -1.11.